The highest BCUT2D eigenvalue weighted by molar-refractivity contribution is 5.95. The van der Waals surface area contributed by atoms with E-state index in [1.807, 2.05) is 0 Å². The minimum Gasteiger partial charge on any atom is -0.543 e. The summed E-state index contributed by atoms with van der Waals surface area (Å²) in [5.41, 5.74) is 0.258. The Morgan fingerprint density at radius 1 is 1.33 bits per heavy atom. The molecule has 6 nitrogen and oxygen atoms in total. The lowest BCUT2D eigenvalue weighted by Crippen LogP contribution is -2.34. The number of carboxylic acids is 1. The Bertz CT molecular complexity index is 535. The molecule has 1 aliphatic rings. The molecule has 0 spiro atoms. The van der Waals surface area contributed by atoms with E-state index in [-0.39, 0.29) is 12.5 Å². The van der Waals surface area contributed by atoms with Gasteiger partial charge in [-0.15, -0.1) is 0 Å². The summed E-state index contributed by atoms with van der Waals surface area (Å²) in [5, 5.41) is 13.0. The monoisotopic (exact) mass is 248 g/mol. The van der Waals surface area contributed by atoms with Gasteiger partial charge in [-0.05, 0) is 23.8 Å². The Balaban J connectivity index is 2.29. The van der Waals surface area contributed by atoms with Gasteiger partial charge in [0.2, 0.25) is 12.7 Å². The summed E-state index contributed by atoms with van der Waals surface area (Å²) in [6.07, 6.45) is 1.29. The van der Waals surface area contributed by atoms with Crippen molar-refractivity contribution in [3.63, 3.8) is 0 Å². The summed E-state index contributed by atoms with van der Waals surface area (Å²) >= 11 is 0. The number of nitrogens with one attached hydrogen (secondary N) is 1. The molecule has 0 atom stereocenters. The summed E-state index contributed by atoms with van der Waals surface area (Å²) in [6, 6.07) is 4.93. The molecule has 1 heterocycles. The highest BCUT2D eigenvalue weighted by Gasteiger charge is 2.12. The lowest BCUT2D eigenvalue weighted by atomic mass is 10.1. The van der Waals surface area contributed by atoms with Gasteiger partial charge in [-0.1, -0.05) is 6.07 Å². The van der Waals surface area contributed by atoms with Gasteiger partial charge >= 0.3 is 0 Å². The molecule has 0 saturated carbocycles. The fraction of sp³-hybridized carbons (Fsp3) is 0.167. The zero-order chi connectivity index (χ0) is 13.1. The van der Waals surface area contributed by atoms with E-state index >= 15 is 0 Å². The normalized spacial score (nSPS) is 13.3. The van der Waals surface area contributed by atoms with Crippen LogP contribution in [0.3, 0.4) is 0 Å². The quantitative estimate of drug-likeness (QED) is 0.738. The number of amides is 1. The van der Waals surface area contributed by atoms with Crippen molar-refractivity contribution < 1.29 is 24.2 Å². The number of ether oxygens (including phenoxy) is 2. The smallest absolute Gasteiger partial charge is 0.231 e. The van der Waals surface area contributed by atoms with Crippen LogP contribution in [0.25, 0.3) is 6.08 Å². The predicted molar refractivity (Wildman–Crippen MR) is 59.4 cm³/mol. The van der Waals surface area contributed by atoms with E-state index in [1.165, 1.54) is 13.0 Å². The minimum absolute atomic E-state index is 0.140. The molecule has 1 aromatic rings. The van der Waals surface area contributed by atoms with E-state index in [9.17, 15) is 14.7 Å². The first-order valence-corrected chi connectivity index (χ1v) is 5.16. The second-order valence-corrected chi connectivity index (χ2v) is 3.64. The molecule has 94 valence electrons. The lowest BCUT2D eigenvalue weighted by Gasteiger charge is -2.09. The number of carbonyl (C=O) groups excluding carboxylic acids is 2. The number of aliphatic carboxylic acids is 1. The summed E-state index contributed by atoms with van der Waals surface area (Å²) in [4.78, 5) is 21.7. The van der Waals surface area contributed by atoms with Crippen LogP contribution in [0.2, 0.25) is 0 Å². The Morgan fingerprint density at radius 3 is 2.72 bits per heavy atom. The van der Waals surface area contributed by atoms with Crippen molar-refractivity contribution in [2.75, 3.05) is 6.79 Å². The second-order valence-electron chi connectivity index (χ2n) is 3.64. The largest absolute Gasteiger partial charge is 0.543 e. The van der Waals surface area contributed by atoms with Crippen LogP contribution in [-0.2, 0) is 9.59 Å². The molecule has 1 amide bonds. The Hall–Kier alpha value is -2.50. The molecule has 18 heavy (non-hydrogen) atoms. The van der Waals surface area contributed by atoms with Crippen molar-refractivity contribution >= 4 is 18.0 Å². The molecule has 0 aliphatic carbocycles. The van der Waals surface area contributed by atoms with Crippen LogP contribution in [0.15, 0.2) is 23.9 Å². The number of hydrogen-bond donors (Lipinski definition) is 1. The SMILES string of the molecule is CC(=O)NC(=Cc1ccc2c(c1)OCO2)C(=O)[O-]. The van der Waals surface area contributed by atoms with Gasteiger partial charge in [0.25, 0.3) is 0 Å². The molecule has 2 rings (SSSR count). The number of carboxylic acid groups (broad SMARTS) is 1. The molecule has 0 saturated heterocycles. The zero-order valence-corrected chi connectivity index (χ0v) is 9.56. The summed E-state index contributed by atoms with van der Waals surface area (Å²) in [7, 11) is 0. The van der Waals surface area contributed by atoms with Crippen molar-refractivity contribution in [1.29, 1.82) is 0 Å². The molecule has 0 fully saturated rings. The molecular weight excluding hydrogens is 238 g/mol. The van der Waals surface area contributed by atoms with E-state index < -0.39 is 11.9 Å². The van der Waals surface area contributed by atoms with Crippen LogP contribution < -0.4 is 19.9 Å². The molecule has 1 aromatic carbocycles. The van der Waals surface area contributed by atoms with Crippen molar-refractivity contribution in [3.05, 3.63) is 29.5 Å². The fourth-order valence-electron chi connectivity index (χ4n) is 1.51. The maximum Gasteiger partial charge on any atom is 0.231 e. The van der Waals surface area contributed by atoms with Gasteiger partial charge in [0.05, 0.1) is 11.7 Å². The summed E-state index contributed by atoms with van der Waals surface area (Å²) in [5.74, 6) is -0.806. The molecule has 1 N–H and O–H groups in total. The summed E-state index contributed by atoms with van der Waals surface area (Å²) in [6.45, 7) is 1.36. The van der Waals surface area contributed by atoms with Gasteiger partial charge in [-0.2, -0.15) is 0 Å². The Labute approximate surface area is 103 Å². The first-order valence-electron chi connectivity index (χ1n) is 5.16. The average Bonchev–Trinajstić information content (AvgIpc) is 2.74. The standard InChI is InChI=1S/C12H11NO5/c1-7(14)13-9(12(15)16)4-8-2-3-10-11(5-8)18-6-17-10/h2-5H,6H2,1H3,(H,13,14)(H,15,16)/p-1. The lowest BCUT2D eigenvalue weighted by molar-refractivity contribution is -0.299. The molecule has 0 bridgehead atoms. The number of fused-ring (bicyclic) bond motifs is 1. The number of carbonyl (C=O) groups is 2. The van der Waals surface area contributed by atoms with Crippen molar-refractivity contribution in [1.82, 2.24) is 5.32 Å². The van der Waals surface area contributed by atoms with Gasteiger partial charge in [0.15, 0.2) is 11.5 Å². The third-order valence-electron chi connectivity index (χ3n) is 2.24. The molecule has 0 aromatic heterocycles. The maximum absolute atomic E-state index is 10.8. The first-order chi connectivity index (χ1) is 8.56. The Kier molecular flexibility index (Phi) is 3.18. The van der Waals surface area contributed by atoms with E-state index in [0.29, 0.717) is 17.1 Å². The van der Waals surface area contributed by atoms with Crippen LogP contribution in [0, 0.1) is 0 Å². The van der Waals surface area contributed by atoms with Gasteiger partial charge in [0.1, 0.15) is 0 Å². The van der Waals surface area contributed by atoms with E-state index in [1.54, 1.807) is 18.2 Å². The molecular formula is C12H10NO5-. The second kappa shape index (κ2) is 4.79. The number of rotatable bonds is 3. The van der Waals surface area contributed by atoms with Crippen LogP contribution >= 0.6 is 0 Å². The maximum atomic E-state index is 10.8. The topological polar surface area (TPSA) is 87.7 Å². The van der Waals surface area contributed by atoms with Crippen LogP contribution in [0.1, 0.15) is 12.5 Å². The molecule has 1 aliphatic heterocycles. The highest BCUT2D eigenvalue weighted by atomic mass is 16.7. The van der Waals surface area contributed by atoms with Gasteiger partial charge in [-0.3, -0.25) is 4.79 Å². The molecule has 0 radical (unpaired) electrons. The molecule has 6 heteroatoms. The van der Waals surface area contributed by atoms with Crippen LogP contribution in [0.4, 0.5) is 0 Å². The first kappa shape index (κ1) is 12.0. The van der Waals surface area contributed by atoms with Gasteiger partial charge in [0, 0.05) is 6.92 Å². The number of benzene rings is 1. The number of hydrogen-bond acceptors (Lipinski definition) is 5. The fourth-order valence-corrected chi connectivity index (χ4v) is 1.51. The van der Waals surface area contributed by atoms with Crippen molar-refractivity contribution in [3.8, 4) is 11.5 Å². The predicted octanol–water partition coefficient (Wildman–Crippen LogP) is -0.358. The minimum atomic E-state index is -1.46. The van der Waals surface area contributed by atoms with Crippen LogP contribution in [0.5, 0.6) is 11.5 Å². The average molecular weight is 248 g/mol. The Morgan fingerprint density at radius 2 is 2.06 bits per heavy atom. The zero-order valence-electron chi connectivity index (χ0n) is 9.56. The van der Waals surface area contributed by atoms with E-state index in [4.69, 9.17) is 9.47 Å². The van der Waals surface area contributed by atoms with E-state index in [0.717, 1.165) is 0 Å². The van der Waals surface area contributed by atoms with Crippen molar-refractivity contribution in [2.45, 2.75) is 6.92 Å². The van der Waals surface area contributed by atoms with Crippen molar-refractivity contribution in [2.24, 2.45) is 0 Å². The van der Waals surface area contributed by atoms with E-state index in [2.05, 4.69) is 5.32 Å². The third kappa shape index (κ3) is 2.60. The van der Waals surface area contributed by atoms with Gasteiger partial charge in [-0.25, -0.2) is 0 Å². The summed E-state index contributed by atoms with van der Waals surface area (Å²) < 4.78 is 10.3. The molecule has 0 unspecified atom stereocenters. The van der Waals surface area contributed by atoms with Crippen LogP contribution in [-0.4, -0.2) is 18.7 Å². The third-order valence-corrected chi connectivity index (χ3v) is 2.24. The highest BCUT2D eigenvalue weighted by Crippen LogP contribution is 2.32. The van der Waals surface area contributed by atoms with Gasteiger partial charge < -0.3 is 24.7 Å².